The van der Waals surface area contributed by atoms with Crippen LogP contribution in [-0.4, -0.2) is 74.9 Å². The van der Waals surface area contributed by atoms with E-state index in [1.807, 2.05) is 21.1 Å². The topological polar surface area (TPSA) is 108 Å². The Bertz CT molecular complexity index is 1650. The normalized spacial score (nSPS) is 13.5. The molecule has 0 spiro atoms. The van der Waals surface area contributed by atoms with Crippen molar-refractivity contribution >= 4 is 19.8 Å². The second kappa shape index (κ2) is 64.9. The molecule has 0 saturated carbocycles. The zero-order valence-corrected chi connectivity index (χ0v) is 56.8. The Labute approximate surface area is 520 Å². The number of phosphoric acid groups is 1. The first-order valence-corrected chi connectivity index (χ1v) is 37.2. The van der Waals surface area contributed by atoms with Crippen LogP contribution in [0.25, 0.3) is 0 Å². The molecule has 84 heavy (non-hydrogen) atoms. The van der Waals surface area contributed by atoms with Gasteiger partial charge in [0.2, 0.25) is 0 Å². The molecule has 0 aromatic rings. The summed E-state index contributed by atoms with van der Waals surface area (Å²) in [4.78, 5) is 35.9. The quantitative estimate of drug-likeness (QED) is 0.0211. The lowest BCUT2D eigenvalue weighted by Crippen LogP contribution is -2.37. The van der Waals surface area contributed by atoms with Crippen LogP contribution in [0.2, 0.25) is 0 Å². The number of quaternary nitrogens is 1. The minimum atomic E-state index is -4.39. The first kappa shape index (κ1) is 81.5. The molecule has 0 aromatic carbocycles. The summed E-state index contributed by atoms with van der Waals surface area (Å²) in [5, 5.41) is 0. The van der Waals surface area contributed by atoms with Gasteiger partial charge < -0.3 is 18.9 Å². The summed E-state index contributed by atoms with van der Waals surface area (Å²) in [6.45, 7) is 4.38. The molecule has 9 nitrogen and oxygen atoms in total. The third-order valence-electron chi connectivity index (χ3n) is 15.8. The molecule has 0 saturated heterocycles. The summed E-state index contributed by atoms with van der Waals surface area (Å²) >= 11 is 0. The van der Waals surface area contributed by atoms with Crippen LogP contribution < -0.4 is 0 Å². The molecule has 0 fully saturated rings. The van der Waals surface area contributed by atoms with Crippen LogP contribution in [0.5, 0.6) is 0 Å². The summed E-state index contributed by atoms with van der Waals surface area (Å²) < 4.78 is 34.8. The van der Waals surface area contributed by atoms with Crippen LogP contribution in [0.4, 0.5) is 0 Å². The van der Waals surface area contributed by atoms with E-state index in [1.165, 1.54) is 231 Å². The maximum absolute atomic E-state index is 12.9. The molecule has 2 atom stereocenters. The zero-order valence-electron chi connectivity index (χ0n) is 55.9. The molecule has 0 aliphatic rings. The number of nitrogens with zero attached hydrogens (tertiary/aromatic N) is 1. The van der Waals surface area contributed by atoms with Gasteiger partial charge in [0.25, 0.3) is 0 Å². The van der Waals surface area contributed by atoms with E-state index in [0.717, 1.165) is 70.6 Å². The number of allylic oxidation sites excluding steroid dienone is 12. The highest BCUT2D eigenvalue weighted by Crippen LogP contribution is 2.43. The highest BCUT2D eigenvalue weighted by atomic mass is 31.2. The smallest absolute Gasteiger partial charge is 0.462 e. The lowest BCUT2D eigenvalue weighted by molar-refractivity contribution is -0.870. The fraction of sp³-hybridized carbons (Fsp3) is 0.811. The van der Waals surface area contributed by atoms with Crippen LogP contribution in [0.3, 0.4) is 0 Å². The first-order chi connectivity index (χ1) is 41.0. The van der Waals surface area contributed by atoms with Crippen LogP contribution >= 0.6 is 7.82 Å². The number of esters is 2. The summed E-state index contributed by atoms with van der Waals surface area (Å²) in [7, 11) is 1.49. The van der Waals surface area contributed by atoms with Crippen LogP contribution in [-0.2, 0) is 32.7 Å². The minimum Gasteiger partial charge on any atom is -0.462 e. The Morgan fingerprint density at radius 2 is 0.679 bits per heavy atom. The number of hydrogen-bond donors (Lipinski definition) is 1. The first-order valence-electron chi connectivity index (χ1n) is 35.7. The van der Waals surface area contributed by atoms with E-state index in [9.17, 15) is 19.0 Å². The van der Waals surface area contributed by atoms with E-state index < -0.39 is 26.5 Å². The van der Waals surface area contributed by atoms with E-state index in [1.54, 1.807) is 0 Å². The van der Waals surface area contributed by atoms with Gasteiger partial charge in [-0.15, -0.1) is 0 Å². The largest absolute Gasteiger partial charge is 0.472 e. The summed E-state index contributed by atoms with van der Waals surface area (Å²) in [5.74, 6) is -0.780. The highest BCUT2D eigenvalue weighted by Gasteiger charge is 2.27. The molecule has 0 aliphatic heterocycles. The van der Waals surface area contributed by atoms with Gasteiger partial charge in [-0.05, 0) is 64.2 Å². The third kappa shape index (κ3) is 68.6. The highest BCUT2D eigenvalue weighted by molar-refractivity contribution is 7.47. The fourth-order valence-corrected chi connectivity index (χ4v) is 11.1. The molecule has 0 heterocycles. The van der Waals surface area contributed by atoms with E-state index in [4.69, 9.17) is 18.5 Å². The number of likely N-dealkylation sites (N-methyl/N-ethyl adjacent to an activating group) is 1. The molecule has 0 rings (SSSR count). The van der Waals surface area contributed by atoms with Crippen molar-refractivity contribution in [3.05, 3.63) is 72.9 Å². The molecule has 10 heteroatoms. The van der Waals surface area contributed by atoms with Gasteiger partial charge in [-0.2, -0.15) is 0 Å². The molecule has 0 radical (unpaired) electrons. The Balaban J connectivity index is 4.00. The van der Waals surface area contributed by atoms with Crippen LogP contribution in [0, 0.1) is 0 Å². The Morgan fingerprint density at radius 1 is 0.381 bits per heavy atom. The van der Waals surface area contributed by atoms with Gasteiger partial charge in [0, 0.05) is 12.8 Å². The van der Waals surface area contributed by atoms with Crippen molar-refractivity contribution < 1.29 is 42.1 Å². The number of hydrogen-bond acceptors (Lipinski definition) is 7. The molecule has 2 unspecified atom stereocenters. The van der Waals surface area contributed by atoms with Gasteiger partial charge >= 0.3 is 19.8 Å². The van der Waals surface area contributed by atoms with E-state index in [2.05, 4.69) is 86.8 Å². The van der Waals surface area contributed by atoms with Crippen LogP contribution in [0.1, 0.15) is 335 Å². The van der Waals surface area contributed by atoms with Crippen molar-refractivity contribution in [2.75, 3.05) is 47.5 Å². The average molecular weight is 1200 g/mol. The molecule has 490 valence electrons. The molecule has 1 N–H and O–H groups in total. The van der Waals surface area contributed by atoms with Crippen molar-refractivity contribution in [3.8, 4) is 0 Å². The summed E-state index contributed by atoms with van der Waals surface area (Å²) in [6, 6.07) is 0. The SMILES string of the molecule is CC/C=C\C/C=C\C/C=C\C/C=C\C/C=C\C/C=C\CCCCCCCCCCCCCCCCCCC(=O)OC(COC(=O)CCCCCCCCCCCCCCCCCCCCCCCCCCC)COP(=O)(O)OCC[N+](C)(C)C. The molecular formula is C74H137NO8P+. The second-order valence-corrected chi connectivity index (χ2v) is 26.7. The summed E-state index contributed by atoms with van der Waals surface area (Å²) in [6.07, 6.45) is 87.2. The van der Waals surface area contributed by atoms with E-state index in [0.29, 0.717) is 23.9 Å². The van der Waals surface area contributed by atoms with Gasteiger partial charge in [-0.25, -0.2) is 4.57 Å². The van der Waals surface area contributed by atoms with Crippen molar-refractivity contribution in [3.63, 3.8) is 0 Å². The van der Waals surface area contributed by atoms with Gasteiger partial charge in [-0.3, -0.25) is 18.6 Å². The lowest BCUT2D eigenvalue weighted by atomic mass is 10.0. The number of ether oxygens (including phenoxy) is 2. The van der Waals surface area contributed by atoms with Gasteiger partial charge in [-0.1, -0.05) is 331 Å². The number of carbonyl (C=O) groups is 2. The minimum absolute atomic E-state index is 0.0325. The van der Waals surface area contributed by atoms with Gasteiger partial charge in [0.05, 0.1) is 27.7 Å². The number of phosphoric ester groups is 1. The van der Waals surface area contributed by atoms with Gasteiger partial charge in [0.15, 0.2) is 6.10 Å². The number of carbonyl (C=O) groups excluding carboxylic acids is 2. The van der Waals surface area contributed by atoms with Crippen LogP contribution in [0.15, 0.2) is 72.9 Å². The van der Waals surface area contributed by atoms with Gasteiger partial charge in [0.1, 0.15) is 19.8 Å². The predicted molar refractivity (Wildman–Crippen MR) is 363 cm³/mol. The van der Waals surface area contributed by atoms with Crippen molar-refractivity contribution in [2.45, 2.75) is 341 Å². The predicted octanol–water partition coefficient (Wildman–Crippen LogP) is 23.2. The number of unbranched alkanes of at least 4 members (excludes halogenated alkanes) is 40. The number of rotatable bonds is 66. The third-order valence-corrected chi connectivity index (χ3v) is 16.7. The average Bonchev–Trinajstić information content (AvgIpc) is 3.61. The molecule has 0 amide bonds. The maximum atomic E-state index is 12.9. The van der Waals surface area contributed by atoms with Crippen molar-refractivity contribution in [2.24, 2.45) is 0 Å². The fourth-order valence-electron chi connectivity index (χ4n) is 10.3. The van der Waals surface area contributed by atoms with E-state index >= 15 is 0 Å². The standard InChI is InChI=1S/C74H136NO8P/c1-6-8-10-12-14-16-18-20-22-24-26-28-30-32-33-34-35-36-37-38-39-40-41-43-45-47-49-51-53-55-57-59-61-63-65-67-74(77)83-72(71-82-84(78,79)81-69-68-75(3,4)5)70-80-73(76)66-64-62-60-58-56-54-52-50-48-46-44-42-31-29-27-25-23-21-19-17-15-13-11-9-7-2/h8,10,14,16,20,22,26,28,32-33,35-36,72H,6-7,9,11-13,15,17-19,21,23-25,27,29-31,34,37-71H2,1-5H3/p+1/b10-8-,16-14-,22-20-,28-26-,33-32-,36-35-. The molecule has 0 aromatic heterocycles. The second-order valence-electron chi connectivity index (χ2n) is 25.3. The maximum Gasteiger partial charge on any atom is 0.472 e. The molecule has 0 aliphatic carbocycles. The molecule has 0 bridgehead atoms. The Hall–Kier alpha value is -2.55. The monoisotopic (exact) mass is 1200 g/mol. The van der Waals surface area contributed by atoms with E-state index in [-0.39, 0.29) is 25.6 Å². The Morgan fingerprint density at radius 3 is 1.01 bits per heavy atom. The summed E-state index contributed by atoms with van der Waals surface area (Å²) in [5.41, 5.74) is 0. The van der Waals surface area contributed by atoms with Crippen molar-refractivity contribution in [1.82, 2.24) is 0 Å². The van der Waals surface area contributed by atoms with Crippen molar-refractivity contribution in [1.29, 1.82) is 0 Å². The lowest BCUT2D eigenvalue weighted by Gasteiger charge is -2.24. The zero-order chi connectivity index (χ0) is 61.2. The Kier molecular flexibility index (Phi) is 62.9. The molecular weight excluding hydrogens is 1060 g/mol.